The van der Waals surface area contributed by atoms with E-state index in [1.807, 2.05) is 0 Å². The molecule has 1 aromatic carbocycles. The third kappa shape index (κ3) is 2.84. The van der Waals surface area contributed by atoms with Gasteiger partial charge in [-0.25, -0.2) is 0 Å². The average molecular weight is 231 g/mol. The zero-order valence-electron chi connectivity index (χ0n) is 9.08. The number of ether oxygens (including phenoxy) is 2. The maximum Gasteiger partial charge on any atom is 0.137 e. The van der Waals surface area contributed by atoms with Crippen LogP contribution in [-0.2, 0) is 11.3 Å². The molecule has 1 atom stereocenters. The maximum absolute atomic E-state index is 9.56. The molecular formula is C11H15ClO3. The Labute approximate surface area is 94.6 Å². The Hall–Kier alpha value is -0.770. The molecule has 1 rings (SSSR count). The molecule has 3 nitrogen and oxygen atoms in total. The number of methoxy groups -OCH3 is 2. The number of hydrogen-bond acceptors (Lipinski definition) is 3. The molecule has 0 saturated carbocycles. The summed E-state index contributed by atoms with van der Waals surface area (Å²) in [7, 11) is 3.16. The molecule has 0 saturated heterocycles. The first-order chi connectivity index (χ1) is 7.10. The number of aliphatic hydroxyl groups is 1. The third-order valence-electron chi connectivity index (χ3n) is 2.16. The van der Waals surface area contributed by atoms with Crippen LogP contribution in [0, 0.1) is 0 Å². The second-order valence-electron chi connectivity index (χ2n) is 3.29. The first-order valence-corrected chi connectivity index (χ1v) is 5.01. The molecule has 0 radical (unpaired) electrons. The fourth-order valence-corrected chi connectivity index (χ4v) is 1.69. The lowest BCUT2D eigenvalue weighted by molar-refractivity contribution is 0.170. The molecule has 0 aliphatic rings. The highest BCUT2D eigenvalue weighted by Crippen LogP contribution is 2.31. The van der Waals surface area contributed by atoms with E-state index in [4.69, 9.17) is 21.1 Å². The number of halogens is 1. The SMILES string of the molecule is COCc1cc(OC)c(Cl)cc1C(C)O. The predicted octanol–water partition coefficient (Wildman–Crippen LogP) is 2.55. The molecule has 15 heavy (non-hydrogen) atoms. The highest BCUT2D eigenvalue weighted by atomic mass is 35.5. The van der Waals surface area contributed by atoms with Crippen molar-refractivity contribution < 1.29 is 14.6 Å². The van der Waals surface area contributed by atoms with Gasteiger partial charge in [0.05, 0.1) is 24.8 Å². The van der Waals surface area contributed by atoms with Gasteiger partial charge in [0.1, 0.15) is 5.75 Å². The van der Waals surface area contributed by atoms with Crippen molar-refractivity contribution in [3.05, 3.63) is 28.3 Å². The summed E-state index contributed by atoms with van der Waals surface area (Å²) < 4.78 is 10.1. The second kappa shape index (κ2) is 5.35. The van der Waals surface area contributed by atoms with Crippen LogP contribution < -0.4 is 4.74 Å². The lowest BCUT2D eigenvalue weighted by Crippen LogP contribution is -2.01. The van der Waals surface area contributed by atoms with Crippen molar-refractivity contribution >= 4 is 11.6 Å². The minimum atomic E-state index is -0.571. The van der Waals surface area contributed by atoms with Crippen molar-refractivity contribution in [2.24, 2.45) is 0 Å². The zero-order chi connectivity index (χ0) is 11.4. The Morgan fingerprint density at radius 1 is 1.40 bits per heavy atom. The van der Waals surface area contributed by atoms with E-state index in [-0.39, 0.29) is 0 Å². The Morgan fingerprint density at radius 3 is 2.53 bits per heavy atom. The van der Waals surface area contributed by atoms with Crippen molar-refractivity contribution in [1.82, 2.24) is 0 Å². The third-order valence-corrected chi connectivity index (χ3v) is 2.46. The van der Waals surface area contributed by atoms with E-state index in [1.54, 1.807) is 33.3 Å². The van der Waals surface area contributed by atoms with E-state index in [9.17, 15) is 5.11 Å². The van der Waals surface area contributed by atoms with Gasteiger partial charge in [-0.05, 0) is 30.2 Å². The summed E-state index contributed by atoms with van der Waals surface area (Å²) in [6.45, 7) is 2.12. The molecule has 0 heterocycles. The van der Waals surface area contributed by atoms with E-state index >= 15 is 0 Å². The summed E-state index contributed by atoms with van der Waals surface area (Å²) in [6, 6.07) is 3.49. The Kier molecular flexibility index (Phi) is 4.39. The molecule has 4 heteroatoms. The maximum atomic E-state index is 9.56. The van der Waals surface area contributed by atoms with Crippen LogP contribution >= 0.6 is 11.6 Å². The zero-order valence-corrected chi connectivity index (χ0v) is 9.84. The van der Waals surface area contributed by atoms with E-state index in [0.29, 0.717) is 17.4 Å². The molecule has 0 amide bonds. The van der Waals surface area contributed by atoms with E-state index in [0.717, 1.165) is 11.1 Å². The van der Waals surface area contributed by atoms with Gasteiger partial charge in [-0.15, -0.1) is 0 Å². The highest BCUT2D eigenvalue weighted by Gasteiger charge is 2.12. The molecule has 1 aromatic rings. The van der Waals surface area contributed by atoms with Crippen molar-refractivity contribution in [2.45, 2.75) is 19.6 Å². The van der Waals surface area contributed by atoms with Crippen molar-refractivity contribution in [3.8, 4) is 5.75 Å². The van der Waals surface area contributed by atoms with E-state index in [2.05, 4.69) is 0 Å². The van der Waals surface area contributed by atoms with Crippen LogP contribution in [0.3, 0.4) is 0 Å². The van der Waals surface area contributed by atoms with E-state index < -0.39 is 6.10 Å². The predicted molar refractivity (Wildman–Crippen MR) is 59.4 cm³/mol. The van der Waals surface area contributed by atoms with E-state index in [1.165, 1.54) is 0 Å². The van der Waals surface area contributed by atoms with Crippen LogP contribution in [0.25, 0.3) is 0 Å². The first-order valence-electron chi connectivity index (χ1n) is 4.63. The van der Waals surface area contributed by atoms with Crippen molar-refractivity contribution in [1.29, 1.82) is 0 Å². The average Bonchev–Trinajstić information content (AvgIpc) is 2.20. The van der Waals surface area contributed by atoms with Crippen LogP contribution in [0.4, 0.5) is 0 Å². The summed E-state index contributed by atoms with van der Waals surface area (Å²) in [5.41, 5.74) is 1.65. The fourth-order valence-electron chi connectivity index (χ4n) is 1.44. The van der Waals surface area contributed by atoms with Gasteiger partial charge in [0, 0.05) is 7.11 Å². The van der Waals surface area contributed by atoms with Crippen molar-refractivity contribution in [3.63, 3.8) is 0 Å². The van der Waals surface area contributed by atoms with Crippen LogP contribution in [0.2, 0.25) is 5.02 Å². The summed E-state index contributed by atoms with van der Waals surface area (Å²) in [6.07, 6.45) is -0.571. The lowest BCUT2D eigenvalue weighted by atomic mass is 10.0. The van der Waals surface area contributed by atoms with Gasteiger partial charge < -0.3 is 14.6 Å². The Bertz CT molecular complexity index is 337. The largest absolute Gasteiger partial charge is 0.495 e. The highest BCUT2D eigenvalue weighted by molar-refractivity contribution is 6.32. The number of hydrogen-bond donors (Lipinski definition) is 1. The van der Waals surface area contributed by atoms with Gasteiger partial charge in [-0.3, -0.25) is 0 Å². The Balaban J connectivity index is 3.19. The van der Waals surface area contributed by atoms with Gasteiger partial charge in [0.15, 0.2) is 0 Å². The standard InChI is InChI=1S/C11H15ClO3/c1-7(13)9-5-10(12)11(15-3)4-8(9)6-14-2/h4-5,7,13H,6H2,1-3H3. The molecule has 0 aliphatic carbocycles. The molecule has 0 aromatic heterocycles. The molecule has 0 aliphatic heterocycles. The number of rotatable bonds is 4. The van der Waals surface area contributed by atoms with Crippen LogP contribution in [0.15, 0.2) is 12.1 Å². The molecule has 0 fully saturated rings. The summed E-state index contributed by atoms with van der Waals surface area (Å²) in [5.74, 6) is 0.591. The summed E-state index contributed by atoms with van der Waals surface area (Å²) >= 11 is 5.97. The van der Waals surface area contributed by atoms with Gasteiger partial charge in [0.25, 0.3) is 0 Å². The first kappa shape index (κ1) is 12.3. The smallest absolute Gasteiger partial charge is 0.137 e. The molecule has 0 bridgehead atoms. The number of aliphatic hydroxyl groups excluding tert-OH is 1. The monoisotopic (exact) mass is 230 g/mol. The fraction of sp³-hybridized carbons (Fsp3) is 0.455. The van der Waals surface area contributed by atoms with Gasteiger partial charge in [-0.1, -0.05) is 11.6 Å². The molecule has 1 unspecified atom stereocenters. The van der Waals surface area contributed by atoms with Crippen LogP contribution in [0.5, 0.6) is 5.75 Å². The second-order valence-corrected chi connectivity index (χ2v) is 3.70. The summed E-state index contributed by atoms with van der Waals surface area (Å²) in [5, 5.41) is 10.1. The normalized spacial score (nSPS) is 12.6. The van der Waals surface area contributed by atoms with Gasteiger partial charge in [0.2, 0.25) is 0 Å². The van der Waals surface area contributed by atoms with Crippen molar-refractivity contribution in [2.75, 3.05) is 14.2 Å². The lowest BCUT2D eigenvalue weighted by Gasteiger charge is -2.14. The quantitative estimate of drug-likeness (QED) is 0.864. The minimum Gasteiger partial charge on any atom is -0.495 e. The van der Waals surface area contributed by atoms with Gasteiger partial charge in [-0.2, -0.15) is 0 Å². The summed E-state index contributed by atoms with van der Waals surface area (Å²) in [4.78, 5) is 0. The molecule has 1 N–H and O–H groups in total. The van der Waals surface area contributed by atoms with Crippen LogP contribution in [0.1, 0.15) is 24.2 Å². The molecular weight excluding hydrogens is 216 g/mol. The topological polar surface area (TPSA) is 38.7 Å². The number of benzene rings is 1. The molecule has 0 spiro atoms. The van der Waals surface area contributed by atoms with Gasteiger partial charge >= 0.3 is 0 Å². The minimum absolute atomic E-state index is 0.424. The Morgan fingerprint density at radius 2 is 2.07 bits per heavy atom. The molecule has 84 valence electrons. The van der Waals surface area contributed by atoms with Crippen LogP contribution in [-0.4, -0.2) is 19.3 Å².